The van der Waals surface area contributed by atoms with Gasteiger partial charge in [0, 0.05) is 10.0 Å². The summed E-state index contributed by atoms with van der Waals surface area (Å²) >= 11 is 16.8. The van der Waals surface area contributed by atoms with Gasteiger partial charge in [0.2, 0.25) is 11.1 Å². The number of benzene rings is 2. The van der Waals surface area contributed by atoms with Gasteiger partial charge >= 0.3 is 0 Å². The Morgan fingerprint density at radius 2 is 2.00 bits per heavy atom. The Morgan fingerprint density at radius 3 is 2.77 bits per heavy atom. The number of carbonyl (C=O) groups is 1. The number of rotatable bonds is 5. The van der Waals surface area contributed by atoms with Crippen molar-refractivity contribution < 1.29 is 4.79 Å². The number of H-pyrrole nitrogens is 1. The molecule has 1 amide bonds. The lowest BCUT2D eigenvalue weighted by atomic mass is 10.2. The summed E-state index contributed by atoms with van der Waals surface area (Å²) in [7, 11) is 0. The predicted molar refractivity (Wildman–Crippen MR) is 110 cm³/mol. The second kappa shape index (κ2) is 8.43. The molecule has 1 heterocycles. The van der Waals surface area contributed by atoms with Gasteiger partial charge in [-0.2, -0.15) is 0 Å². The Balaban J connectivity index is 1.68. The lowest BCUT2D eigenvalue weighted by Crippen LogP contribution is -2.22. The van der Waals surface area contributed by atoms with Crippen molar-refractivity contribution in [2.45, 2.75) is 17.3 Å². The molecule has 0 spiro atoms. The molecule has 0 saturated heterocycles. The number of hydrogen-bond donors (Lipinski definition) is 2. The number of halogens is 3. The number of aromatic amines is 1. The van der Waals surface area contributed by atoms with E-state index in [1.807, 2.05) is 24.3 Å². The summed E-state index contributed by atoms with van der Waals surface area (Å²) in [6, 6.07) is 12.8. The topological polar surface area (TPSA) is 70.7 Å². The maximum absolute atomic E-state index is 12.4. The van der Waals surface area contributed by atoms with Crippen LogP contribution in [0.15, 0.2) is 52.1 Å². The number of aromatic nitrogens is 3. The van der Waals surface area contributed by atoms with Crippen molar-refractivity contribution >= 4 is 62.5 Å². The number of thioether (sulfide) groups is 1. The summed E-state index contributed by atoms with van der Waals surface area (Å²) < 4.78 is 0.911. The summed E-state index contributed by atoms with van der Waals surface area (Å²) in [5.74, 6) is 0.414. The van der Waals surface area contributed by atoms with Crippen molar-refractivity contribution in [3.63, 3.8) is 0 Å². The average molecular weight is 472 g/mol. The second-order valence-corrected chi connectivity index (χ2v) is 8.24. The summed E-state index contributed by atoms with van der Waals surface area (Å²) in [5.41, 5.74) is 1.37. The van der Waals surface area contributed by atoms with Gasteiger partial charge in [-0.25, -0.2) is 4.98 Å². The maximum atomic E-state index is 12.4. The van der Waals surface area contributed by atoms with Gasteiger partial charge in [0.05, 0.1) is 21.0 Å². The molecule has 0 radical (unpaired) electrons. The summed E-state index contributed by atoms with van der Waals surface area (Å²) in [5, 5.41) is 10.6. The predicted octanol–water partition coefficient (Wildman–Crippen LogP) is 5.66. The van der Waals surface area contributed by atoms with Crippen molar-refractivity contribution in [3.8, 4) is 11.4 Å². The highest BCUT2D eigenvalue weighted by atomic mass is 79.9. The molecule has 3 rings (SSSR count). The minimum Gasteiger partial charge on any atom is -0.324 e. The third-order valence-electron chi connectivity index (χ3n) is 3.45. The van der Waals surface area contributed by atoms with E-state index in [0.29, 0.717) is 26.7 Å². The van der Waals surface area contributed by atoms with Crippen LogP contribution in [0.3, 0.4) is 0 Å². The van der Waals surface area contributed by atoms with Crippen LogP contribution < -0.4 is 5.32 Å². The standard InChI is InChI=1S/C17H13BrCl2N4OS/c1-9(16(25)21-13-8-4-7-12(19)14(13)20)26-17-22-15(23-24-17)10-5-2-3-6-11(10)18/h2-9H,1H3,(H,21,25)(H,22,23,24)/t9-/m1/s1. The molecule has 1 atom stereocenters. The fourth-order valence-electron chi connectivity index (χ4n) is 2.12. The monoisotopic (exact) mass is 470 g/mol. The summed E-state index contributed by atoms with van der Waals surface area (Å²) in [4.78, 5) is 16.8. The van der Waals surface area contributed by atoms with E-state index in [1.54, 1.807) is 25.1 Å². The van der Waals surface area contributed by atoms with Gasteiger partial charge in [-0.15, -0.1) is 5.10 Å². The first-order valence-corrected chi connectivity index (χ1v) is 9.97. The molecule has 9 heteroatoms. The zero-order valence-corrected chi connectivity index (χ0v) is 17.4. The smallest absolute Gasteiger partial charge is 0.237 e. The van der Waals surface area contributed by atoms with Gasteiger partial charge in [-0.05, 0) is 25.1 Å². The largest absolute Gasteiger partial charge is 0.324 e. The van der Waals surface area contributed by atoms with Gasteiger partial charge in [-0.3, -0.25) is 9.89 Å². The van der Waals surface area contributed by atoms with Crippen LogP contribution in [0.25, 0.3) is 11.4 Å². The molecular formula is C17H13BrCl2N4OS. The molecule has 0 saturated carbocycles. The lowest BCUT2D eigenvalue weighted by Gasteiger charge is -2.11. The molecule has 0 aliphatic heterocycles. The molecule has 2 N–H and O–H groups in total. The minimum absolute atomic E-state index is 0.216. The summed E-state index contributed by atoms with van der Waals surface area (Å²) in [6.07, 6.45) is 0. The SMILES string of the molecule is C[C@@H](Sc1n[nH]c(-c2ccccc2Br)n1)C(=O)Nc1cccc(Cl)c1Cl. The van der Waals surface area contributed by atoms with Crippen LogP contribution in [-0.4, -0.2) is 26.3 Å². The quantitative estimate of drug-likeness (QED) is 0.471. The van der Waals surface area contributed by atoms with Crippen molar-refractivity contribution in [3.05, 3.63) is 57.0 Å². The van der Waals surface area contributed by atoms with E-state index in [4.69, 9.17) is 23.2 Å². The number of amides is 1. The van der Waals surface area contributed by atoms with Crippen molar-refractivity contribution in [1.82, 2.24) is 15.2 Å². The fourth-order valence-corrected chi connectivity index (χ4v) is 3.66. The molecule has 5 nitrogen and oxygen atoms in total. The van der Waals surface area contributed by atoms with Crippen LogP contribution >= 0.6 is 50.9 Å². The van der Waals surface area contributed by atoms with Crippen LogP contribution in [0.1, 0.15) is 6.92 Å². The van der Waals surface area contributed by atoms with Crippen LogP contribution in [0.5, 0.6) is 0 Å². The second-order valence-electron chi connectivity index (χ2n) is 5.30. The van der Waals surface area contributed by atoms with Gasteiger partial charge < -0.3 is 5.32 Å². The fraction of sp³-hybridized carbons (Fsp3) is 0.118. The molecule has 3 aromatic rings. The number of carbonyl (C=O) groups excluding carboxylic acids is 1. The van der Waals surface area contributed by atoms with E-state index in [9.17, 15) is 4.79 Å². The Hall–Kier alpha value is -1.54. The number of anilines is 1. The highest BCUT2D eigenvalue weighted by Crippen LogP contribution is 2.31. The first kappa shape index (κ1) is 19.2. The summed E-state index contributed by atoms with van der Waals surface area (Å²) in [6.45, 7) is 1.77. The zero-order chi connectivity index (χ0) is 18.7. The number of nitrogens with one attached hydrogen (secondary N) is 2. The van der Waals surface area contributed by atoms with E-state index < -0.39 is 5.25 Å². The van der Waals surface area contributed by atoms with Gasteiger partial charge in [0.1, 0.15) is 0 Å². The van der Waals surface area contributed by atoms with Crippen molar-refractivity contribution in [1.29, 1.82) is 0 Å². The molecule has 0 aliphatic rings. The third kappa shape index (κ3) is 4.40. The third-order valence-corrected chi connectivity index (χ3v) is 5.93. The molecule has 1 aromatic heterocycles. The van der Waals surface area contributed by atoms with Gasteiger partial charge in [-0.1, -0.05) is 75.2 Å². The lowest BCUT2D eigenvalue weighted by molar-refractivity contribution is -0.115. The van der Waals surface area contributed by atoms with Gasteiger partial charge in [0.15, 0.2) is 5.82 Å². The zero-order valence-electron chi connectivity index (χ0n) is 13.5. The van der Waals surface area contributed by atoms with E-state index in [1.165, 1.54) is 11.8 Å². The number of hydrogen-bond acceptors (Lipinski definition) is 4. The molecule has 134 valence electrons. The van der Waals surface area contributed by atoms with Crippen LogP contribution in [0.4, 0.5) is 5.69 Å². The molecule has 2 aromatic carbocycles. The molecule has 0 aliphatic carbocycles. The molecular weight excluding hydrogens is 459 g/mol. The molecule has 0 fully saturated rings. The first-order valence-electron chi connectivity index (χ1n) is 7.54. The molecule has 26 heavy (non-hydrogen) atoms. The number of nitrogens with zero attached hydrogens (tertiary/aromatic N) is 2. The van der Waals surface area contributed by atoms with E-state index in [0.717, 1.165) is 10.0 Å². The minimum atomic E-state index is -0.423. The van der Waals surface area contributed by atoms with Crippen LogP contribution in [0.2, 0.25) is 10.0 Å². The molecule has 0 bridgehead atoms. The Bertz CT molecular complexity index is 950. The van der Waals surface area contributed by atoms with E-state index >= 15 is 0 Å². The normalized spacial score (nSPS) is 12.0. The van der Waals surface area contributed by atoms with Gasteiger partial charge in [0.25, 0.3) is 0 Å². The Labute approximate surface area is 173 Å². The van der Waals surface area contributed by atoms with Crippen molar-refractivity contribution in [2.75, 3.05) is 5.32 Å². The maximum Gasteiger partial charge on any atom is 0.237 e. The van der Waals surface area contributed by atoms with E-state index in [2.05, 4.69) is 36.4 Å². The highest BCUT2D eigenvalue weighted by molar-refractivity contribution is 9.10. The Morgan fingerprint density at radius 1 is 1.23 bits per heavy atom. The molecule has 0 unspecified atom stereocenters. The van der Waals surface area contributed by atoms with Crippen LogP contribution in [-0.2, 0) is 4.79 Å². The van der Waals surface area contributed by atoms with E-state index in [-0.39, 0.29) is 5.91 Å². The first-order chi connectivity index (χ1) is 12.5. The average Bonchev–Trinajstić information content (AvgIpc) is 3.07. The highest BCUT2D eigenvalue weighted by Gasteiger charge is 2.19. The Kier molecular flexibility index (Phi) is 6.24. The van der Waals surface area contributed by atoms with Crippen LogP contribution in [0, 0.1) is 0 Å². The van der Waals surface area contributed by atoms with Crippen molar-refractivity contribution in [2.24, 2.45) is 0 Å².